The minimum Gasteiger partial charge on any atom is -0.347 e. The van der Waals surface area contributed by atoms with Gasteiger partial charge >= 0.3 is 0 Å². The summed E-state index contributed by atoms with van der Waals surface area (Å²) in [5.74, 6) is -0.439. The molecule has 0 saturated heterocycles. The SMILES string of the molecule is CCCCCCCCCCCCCC(=O)NCC(=O)N/N=C/c1cccc(Cl)c1. The fourth-order valence-corrected chi connectivity index (χ4v) is 3.22. The van der Waals surface area contributed by atoms with E-state index in [4.69, 9.17) is 11.6 Å². The maximum Gasteiger partial charge on any atom is 0.259 e. The standard InChI is InChI=1S/C23H36ClN3O2/c1-2-3-4-5-6-7-8-9-10-11-12-16-22(28)25-19-23(29)27-26-18-20-14-13-15-21(24)17-20/h13-15,17-18H,2-12,16,19H2,1H3,(H,25,28)(H,27,29)/b26-18+. The number of rotatable bonds is 16. The molecule has 2 N–H and O–H groups in total. The number of hydrogen-bond acceptors (Lipinski definition) is 3. The Morgan fingerprint density at radius 2 is 1.55 bits per heavy atom. The van der Waals surface area contributed by atoms with Crippen molar-refractivity contribution in [1.29, 1.82) is 0 Å². The van der Waals surface area contributed by atoms with Crippen LogP contribution in [0.25, 0.3) is 0 Å². The number of halogens is 1. The fraction of sp³-hybridized carbons (Fsp3) is 0.609. The highest BCUT2D eigenvalue weighted by Crippen LogP contribution is 2.12. The fourth-order valence-electron chi connectivity index (χ4n) is 3.02. The van der Waals surface area contributed by atoms with Gasteiger partial charge in [-0.2, -0.15) is 5.10 Å². The summed E-state index contributed by atoms with van der Waals surface area (Å²) in [6, 6.07) is 7.15. The molecule has 0 fully saturated rings. The molecule has 0 radical (unpaired) electrons. The third-order valence-electron chi connectivity index (χ3n) is 4.71. The van der Waals surface area contributed by atoms with Gasteiger partial charge in [0, 0.05) is 11.4 Å². The topological polar surface area (TPSA) is 70.6 Å². The van der Waals surface area contributed by atoms with Crippen LogP contribution in [0.4, 0.5) is 0 Å². The molecule has 0 aliphatic heterocycles. The number of carbonyl (C=O) groups excluding carboxylic acids is 2. The van der Waals surface area contributed by atoms with Crippen molar-refractivity contribution < 1.29 is 9.59 Å². The van der Waals surface area contributed by atoms with Gasteiger partial charge in [-0.1, -0.05) is 94.9 Å². The van der Waals surface area contributed by atoms with Gasteiger partial charge in [-0.25, -0.2) is 5.43 Å². The molecule has 1 aromatic rings. The first-order chi connectivity index (χ1) is 14.1. The molecule has 0 spiro atoms. The predicted molar refractivity (Wildman–Crippen MR) is 121 cm³/mol. The van der Waals surface area contributed by atoms with Crippen molar-refractivity contribution in [3.8, 4) is 0 Å². The normalized spacial score (nSPS) is 11.0. The van der Waals surface area contributed by atoms with Crippen molar-refractivity contribution in [2.45, 2.75) is 84.0 Å². The number of unbranched alkanes of at least 4 members (excludes halogenated alkanes) is 10. The maximum absolute atomic E-state index is 11.8. The van der Waals surface area contributed by atoms with Crippen molar-refractivity contribution in [1.82, 2.24) is 10.7 Å². The summed E-state index contributed by atoms with van der Waals surface area (Å²) >= 11 is 5.88. The lowest BCUT2D eigenvalue weighted by molar-refractivity contribution is -0.126. The Hall–Kier alpha value is -1.88. The highest BCUT2D eigenvalue weighted by Gasteiger charge is 2.04. The Morgan fingerprint density at radius 3 is 2.17 bits per heavy atom. The minimum atomic E-state index is -0.351. The van der Waals surface area contributed by atoms with Crippen LogP contribution in [0.3, 0.4) is 0 Å². The van der Waals surface area contributed by atoms with E-state index in [2.05, 4.69) is 22.8 Å². The molecule has 1 rings (SSSR count). The zero-order chi connectivity index (χ0) is 21.2. The van der Waals surface area contributed by atoms with E-state index < -0.39 is 0 Å². The Morgan fingerprint density at radius 1 is 0.931 bits per heavy atom. The lowest BCUT2D eigenvalue weighted by Gasteiger charge is -2.05. The molecule has 0 aliphatic carbocycles. The summed E-state index contributed by atoms with van der Waals surface area (Å²) in [5.41, 5.74) is 3.18. The molecule has 1 aromatic carbocycles. The molecule has 0 unspecified atom stereocenters. The Kier molecular flexibility index (Phi) is 14.8. The monoisotopic (exact) mass is 421 g/mol. The first kappa shape index (κ1) is 25.2. The van der Waals surface area contributed by atoms with Crippen LogP contribution in [0, 0.1) is 0 Å². The molecule has 2 amide bonds. The zero-order valence-electron chi connectivity index (χ0n) is 17.7. The zero-order valence-corrected chi connectivity index (χ0v) is 18.5. The third kappa shape index (κ3) is 14.7. The lowest BCUT2D eigenvalue weighted by Crippen LogP contribution is -2.34. The smallest absolute Gasteiger partial charge is 0.259 e. The number of hydrazone groups is 1. The molecule has 162 valence electrons. The summed E-state index contributed by atoms with van der Waals surface area (Å²) < 4.78 is 0. The first-order valence-corrected chi connectivity index (χ1v) is 11.3. The van der Waals surface area contributed by atoms with Gasteiger partial charge in [-0.15, -0.1) is 0 Å². The van der Waals surface area contributed by atoms with Gasteiger partial charge < -0.3 is 5.32 Å². The second-order valence-electron chi connectivity index (χ2n) is 7.41. The van der Waals surface area contributed by atoms with Gasteiger partial charge in [-0.3, -0.25) is 9.59 Å². The molecular weight excluding hydrogens is 386 g/mol. The van der Waals surface area contributed by atoms with Gasteiger partial charge in [0.15, 0.2) is 0 Å². The number of nitrogens with zero attached hydrogens (tertiary/aromatic N) is 1. The van der Waals surface area contributed by atoms with Gasteiger partial charge in [0.25, 0.3) is 5.91 Å². The van der Waals surface area contributed by atoms with E-state index in [1.807, 2.05) is 6.07 Å². The quantitative estimate of drug-likeness (QED) is 0.207. The molecule has 29 heavy (non-hydrogen) atoms. The summed E-state index contributed by atoms with van der Waals surface area (Å²) in [6.07, 6.45) is 15.7. The van der Waals surface area contributed by atoms with Crippen molar-refractivity contribution in [2.24, 2.45) is 5.10 Å². The minimum absolute atomic E-state index is 0.0657. The molecule has 0 bridgehead atoms. The average molecular weight is 422 g/mol. The number of carbonyl (C=O) groups is 2. The molecule has 0 heterocycles. The van der Waals surface area contributed by atoms with Crippen molar-refractivity contribution in [3.05, 3.63) is 34.9 Å². The van der Waals surface area contributed by atoms with Crippen LogP contribution in [0.15, 0.2) is 29.4 Å². The highest BCUT2D eigenvalue weighted by atomic mass is 35.5. The summed E-state index contributed by atoms with van der Waals surface area (Å²) in [7, 11) is 0. The van der Waals surface area contributed by atoms with E-state index in [0.29, 0.717) is 11.4 Å². The summed E-state index contributed by atoms with van der Waals surface area (Å²) in [4.78, 5) is 23.5. The van der Waals surface area contributed by atoms with Crippen molar-refractivity contribution in [3.63, 3.8) is 0 Å². The van der Waals surface area contributed by atoms with Gasteiger partial charge in [0.1, 0.15) is 0 Å². The van der Waals surface area contributed by atoms with Crippen LogP contribution in [0.2, 0.25) is 5.02 Å². The predicted octanol–water partition coefficient (Wildman–Crippen LogP) is 5.61. The second kappa shape index (κ2) is 17.0. The van der Waals surface area contributed by atoms with Crippen molar-refractivity contribution in [2.75, 3.05) is 6.54 Å². The maximum atomic E-state index is 11.8. The molecule has 0 aromatic heterocycles. The largest absolute Gasteiger partial charge is 0.347 e. The third-order valence-corrected chi connectivity index (χ3v) is 4.94. The van der Waals surface area contributed by atoms with Crippen LogP contribution in [0.1, 0.15) is 89.5 Å². The van der Waals surface area contributed by atoms with E-state index in [1.54, 1.807) is 18.2 Å². The summed E-state index contributed by atoms with van der Waals surface area (Å²) in [6.45, 7) is 2.18. The lowest BCUT2D eigenvalue weighted by atomic mass is 10.1. The molecule has 6 heteroatoms. The average Bonchev–Trinajstić information content (AvgIpc) is 2.70. The van der Waals surface area contributed by atoms with Crippen LogP contribution in [0.5, 0.6) is 0 Å². The number of nitrogens with one attached hydrogen (secondary N) is 2. The van der Waals surface area contributed by atoms with Crippen LogP contribution < -0.4 is 10.7 Å². The molecular formula is C23H36ClN3O2. The van der Waals surface area contributed by atoms with Gasteiger partial charge in [0.2, 0.25) is 5.91 Å². The molecule has 0 aliphatic rings. The number of amides is 2. The van der Waals surface area contributed by atoms with Crippen LogP contribution in [-0.2, 0) is 9.59 Å². The van der Waals surface area contributed by atoms with Gasteiger partial charge in [-0.05, 0) is 24.1 Å². The second-order valence-corrected chi connectivity index (χ2v) is 7.85. The molecule has 0 saturated carbocycles. The Labute approximate surface area is 180 Å². The molecule has 0 atom stereocenters. The van der Waals surface area contributed by atoms with E-state index in [9.17, 15) is 9.59 Å². The van der Waals surface area contributed by atoms with Crippen LogP contribution in [-0.4, -0.2) is 24.6 Å². The van der Waals surface area contributed by atoms with Crippen molar-refractivity contribution >= 4 is 29.6 Å². The van der Waals surface area contributed by atoms with E-state index >= 15 is 0 Å². The van der Waals surface area contributed by atoms with E-state index in [0.717, 1.165) is 18.4 Å². The summed E-state index contributed by atoms with van der Waals surface area (Å²) in [5, 5.41) is 7.09. The number of hydrogen-bond donors (Lipinski definition) is 2. The van der Waals surface area contributed by atoms with E-state index in [1.165, 1.54) is 64.0 Å². The van der Waals surface area contributed by atoms with Gasteiger partial charge in [0.05, 0.1) is 12.8 Å². The van der Waals surface area contributed by atoms with Crippen LogP contribution >= 0.6 is 11.6 Å². The highest BCUT2D eigenvalue weighted by molar-refractivity contribution is 6.30. The Bertz CT molecular complexity index is 620. The number of benzene rings is 1. The Balaban J connectivity index is 1.96. The van der Waals surface area contributed by atoms with E-state index in [-0.39, 0.29) is 18.4 Å². The molecule has 5 nitrogen and oxygen atoms in total. The first-order valence-electron chi connectivity index (χ1n) is 11.0.